The van der Waals surface area contributed by atoms with Crippen molar-refractivity contribution in [1.29, 1.82) is 0 Å². The molecule has 1 N–H and O–H groups in total. The molecule has 4 nitrogen and oxygen atoms in total. The summed E-state index contributed by atoms with van der Waals surface area (Å²) >= 11 is 0. The Labute approximate surface area is 118 Å². The molecule has 20 heavy (non-hydrogen) atoms. The fourth-order valence-electron chi connectivity index (χ4n) is 3.46. The summed E-state index contributed by atoms with van der Waals surface area (Å²) in [4.78, 5) is 11.8. The quantitative estimate of drug-likeness (QED) is 0.899. The number of hydrogen-bond acceptors (Lipinski definition) is 3. The zero-order valence-corrected chi connectivity index (χ0v) is 12.2. The third-order valence-electron chi connectivity index (χ3n) is 4.38. The van der Waals surface area contributed by atoms with E-state index in [1.165, 1.54) is 0 Å². The van der Waals surface area contributed by atoms with Crippen LogP contribution in [0.2, 0.25) is 0 Å². The molecule has 0 spiro atoms. The van der Waals surface area contributed by atoms with Gasteiger partial charge in [0.05, 0.1) is 5.41 Å². The van der Waals surface area contributed by atoms with Crippen LogP contribution in [0.3, 0.4) is 0 Å². The van der Waals surface area contributed by atoms with Gasteiger partial charge in [-0.05, 0) is 43.0 Å². The van der Waals surface area contributed by atoms with Crippen LogP contribution in [-0.2, 0) is 10.2 Å². The standard InChI is InChI=1S/C16H20O4/c1-10-8-12-13(20-15(2,3)19-12)9-11(10)16(14(17)18)6-4-5-7-16/h8-9H,4-7H2,1-3H3,(H,17,18). The van der Waals surface area contributed by atoms with Crippen LogP contribution in [0.5, 0.6) is 11.5 Å². The van der Waals surface area contributed by atoms with Gasteiger partial charge < -0.3 is 14.6 Å². The second kappa shape index (κ2) is 4.14. The average molecular weight is 276 g/mol. The van der Waals surface area contributed by atoms with E-state index in [9.17, 15) is 9.90 Å². The fourth-order valence-corrected chi connectivity index (χ4v) is 3.46. The van der Waals surface area contributed by atoms with Crippen molar-refractivity contribution >= 4 is 5.97 Å². The van der Waals surface area contributed by atoms with Crippen LogP contribution < -0.4 is 9.47 Å². The van der Waals surface area contributed by atoms with E-state index in [0.29, 0.717) is 24.3 Å². The molecule has 2 aliphatic rings. The highest BCUT2D eigenvalue weighted by atomic mass is 16.7. The number of carbonyl (C=O) groups is 1. The lowest BCUT2D eigenvalue weighted by Gasteiger charge is -2.26. The Morgan fingerprint density at radius 2 is 1.70 bits per heavy atom. The largest absolute Gasteiger partial charge is 0.481 e. The molecule has 1 heterocycles. The van der Waals surface area contributed by atoms with Crippen LogP contribution in [0.1, 0.15) is 50.7 Å². The molecule has 0 amide bonds. The van der Waals surface area contributed by atoms with E-state index in [2.05, 4.69) is 0 Å². The lowest BCUT2D eigenvalue weighted by atomic mass is 9.77. The van der Waals surface area contributed by atoms with Gasteiger partial charge in [0.25, 0.3) is 0 Å². The highest BCUT2D eigenvalue weighted by Gasteiger charge is 2.45. The van der Waals surface area contributed by atoms with Crippen LogP contribution in [0.4, 0.5) is 0 Å². The van der Waals surface area contributed by atoms with E-state index in [4.69, 9.17) is 9.47 Å². The zero-order chi connectivity index (χ0) is 14.5. The van der Waals surface area contributed by atoms with Crippen LogP contribution in [0.25, 0.3) is 0 Å². The highest BCUT2D eigenvalue weighted by molar-refractivity contribution is 5.83. The molecule has 1 saturated carbocycles. The molecule has 1 aromatic carbocycles. The first-order valence-corrected chi connectivity index (χ1v) is 7.11. The number of benzene rings is 1. The summed E-state index contributed by atoms with van der Waals surface area (Å²) in [5.74, 6) is -0.0476. The Hall–Kier alpha value is -1.71. The molecule has 0 saturated heterocycles. The summed E-state index contributed by atoms with van der Waals surface area (Å²) in [5, 5.41) is 9.72. The molecule has 4 heteroatoms. The van der Waals surface area contributed by atoms with Crippen LogP contribution in [-0.4, -0.2) is 16.9 Å². The van der Waals surface area contributed by atoms with E-state index in [0.717, 1.165) is 24.0 Å². The van der Waals surface area contributed by atoms with E-state index in [1.807, 2.05) is 32.9 Å². The van der Waals surface area contributed by atoms with Crippen molar-refractivity contribution in [3.05, 3.63) is 23.3 Å². The minimum Gasteiger partial charge on any atom is -0.481 e. The molecule has 0 bridgehead atoms. The van der Waals surface area contributed by atoms with Gasteiger partial charge in [0.15, 0.2) is 11.5 Å². The summed E-state index contributed by atoms with van der Waals surface area (Å²) in [5.41, 5.74) is 1.09. The Kier molecular flexibility index (Phi) is 2.75. The molecule has 1 fully saturated rings. The molecular weight excluding hydrogens is 256 g/mol. The highest BCUT2D eigenvalue weighted by Crippen LogP contribution is 2.48. The van der Waals surface area contributed by atoms with Crippen LogP contribution >= 0.6 is 0 Å². The molecular formula is C16H20O4. The van der Waals surface area contributed by atoms with Crippen molar-refractivity contribution in [3.8, 4) is 11.5 Å². The zero-order valence-electron chi connectivity index (χ0n) is 12.2. The number of carboxylic acids is 1. The number of aliphatic carboxylic acids is 1. The van der Waals surface area contributed by atoms with Crippen LogP contribution in [0.15, 0.2) is 12.1 Å². The predicted molar refractivity (Wildman–Crippen MR) is 74.3 cm³/mol. The van der Waals surface area contributed by atoms with Crippen molar-refractivity contribution in [2.45, 2.75) is 57.7 Å². The molecule has 108 valence electrons. The van der Waals surface area contributed by atoms with Gasteiger partial charge in [-0.3, -0.25) is 4.79 Å². The molecule has 0 radical (unpaired) electrons. The summed E-state index contributed by atoms with van der Waals surface area (Å²) in [7, 11) is 0. The van der Waals surface area contributed by atoms with Crippen molar-refractivity contribution in [3.63, 3.8) is 0 Å². The monoisotopic (exact) mass is 276 g/mol. The molecule has 0 atom stereocenters. The maximum Gasteiger partial charge on any atom is 0.314 e. The Bertz CT molecular complexity index is 568. The fraction of sp³-hybridized carbons (Fsp3) is 0.562. The van der Waals surface area contributed by atoms with Gasteiger partial charge in [0.2, 0.25) is 5.79 Å². The Balaban J connectivity index is 2.10. The van der Waals surface area contributed by atoms with Gasteiger partial charge in [-0.2, -0.15) is 0 Å². The second-order valence-electron chi connectivity index (χ2n) is 6.31. The number of hydrogen-bond donors (Lipinski definition) is 1. The summed E-state index contributed by atoms with van der Waals surface area (Å²) in [6.45, 7) is 5.66. The van der Waals surface area contributed by atoms with Gasteiger partial charge in [-0.1, -0.05) is 12.8 Å². The number of rotatable bonds is 2. The summed E-state index contributed by atoms with van der Waals surface area (Å²) < 4.78 is 11.5. The van der Waals surface area contributed by atoms with E-state index >= 15 is 0 Å². The minimum atomic E-state index is -0.755. The second-order valence-corrected chi connectivity index (χ2v) is 6.31. The average Bonchev–Trinajstić information content (AvgIpc) is 2.91. The summed E-state index contributed by atoms with van der Waals surface area (Å²) in [6, 6.07) is 3.78. The predicted octanol–water partition coefficient (Wildman–Crippen LogP) is 3.40. The first kappa shape index (κ1) is 13.3. The first-order valence-electron chi connectivity index (χ1n) is 7.11. The molecule has 3 rings (SSSR count). The van der Waals surface area contributed by atoms with E-state index < -0.39 is 17.2 Å². The third kappa shape index (κ3) is 1.86. The summed E-state index contributed by atoms with van der Waals surface area (Å²) in [6.07, 6.45) is 3.33. The number of aryl methyl sites for hydroxylation is 1. The van der Waals surface area contributed by atoms with Gasteiger partial charge in [-0.15, -0.1) is 0 Å². The lowest BCUT2D eigenvalue weighted by molar-refractivity contribution is -0.143. The smallest absolute Gasteiger partial charge is 0.314 e. The number of ether oxygens (including phenoxy) is 2. The maximum atomic E-state index is 11.8. The third-order valence-corrected chi connectivity index (χ3v) is 4.38. The van der Waals surface area contributed by atoms with Gasteiger partial charge in [0.1, 0.15) is 0 Å². The van der Waals surface area contributed by atoms with Crippen molar-refractivity contribution < 1.29 is 19.4 Å². The topological polar surface area (TPSA) is 55.8 Å². The van der Waals surface area contributed by atoms with E-state index in [1.54, 1.807) is 0 Å². The minimum absolute atomic E-state index is 0.656. The normalized spacial score (nSPS) is 21.9. The van der Waals surface area contributed by atoms with Gasteiger partial charge in [0, 0.05) is 13.8 Å². The van der Waals surface area contributed by atoms with E-state index in [-0.39, 0.29) is 0 Å². The van der Waals surface area contributed by atoms with Crippen LogP contribution in [0, 0.1) is 6.92 Å². The van der Waals surface area contributed by atoms with Crippen molar-refractivity contribution in [2.24, 2.45) is 0 Å². The van der Waals surface area contributed by atoms with Crippen molar-refractivity contribution in [1.82, 2.24) is 0 Å². The lowest BCUT2D eigenvalue weighted by Crippen LogP contribution is -2.33. The molecule has 1 aliphatic heterocycles. The molecule has 1 aliphatic carbocycles. The molecule has 0 unspecified atom stereocenters. The SMILES string of the molecule is Cc1cc2c(cc1C1(C(=O)O)CCCC1)OC(C)(C)O2. The number of carboxylic acid groups (broad SMARTS) is 1. The Morgan fingerprint density at radius 3 is 2.25 bits per heavy atom. The number of fused-ring (bicyclic) bond motifs is 1. The Morgan fingerprint density at radius 1 is 1.15 bits per heavy atom. The van der Waals surface area contributed by atoms with Gasteiger partial charge >= 0.3 is 5.97 Å². The first-order chi connectivity index (χ1) is 9.34. The van der Waals surface area contributed by atoms with Crippen molar-refractivity contribution in [2.75, 3.05) is 0 Å². The molecule has 1 aromatic rings. The maximum absolute atomic E-state index is 11.8. The molecule has 0 aromatic heterocycles. The van der Waals surface area contributed by atoms with Gasteiger partial charge in [-0.25, -0.2) is 0 Å².